The highest BCUT2D eigenvalue weighted by molar-refractivity contribution is 6.30. The normalized spacial score (nSPS) is 18.0. The van der Waals surface area contributed by atoms with Crippen LogP contribution in [0, 0.1) is 6.92 Å². The van der Waals surface area contributed by atoms with E-state index >= 15 is 0 Å². The number of hydrogen-bond acceptors (Lipinski definition) is 2. The minimum atomic E-state index is 0.141. The van der Waals surface area contributed by atoms with Crippen molar-refractivity contribution in [3.63, 3.8) is 0 Å². The molecule has 0 radical (unpaired) electrons. The van der Waals surface area contributed by atoms with Crippen molar-refractivity contribution in [1.29, 1.82) is 0 Å². The number of rotatable bonds is 3. The number of halogens is 1. The third-order valence-corrected chi connectivity index (χ3v) is 4.04. The molecule has 0 bridgehead atoms. The van der Waals surface area contributed by atoms with Crippen molar-refractivity contribution in [1.82, 2.24) is 0 Å². The summed E-state index contributed by atoms with van der Waals surface area (Å²) in [5.74, 6) is 0.863. The number of benzene rings is 1. The highest BCUT2D eigenvalue weighted by Crippen LogP contribution is 2.46. The largest absolute Gasteiger partial charge is 0.496 e. The van der Waals surface area contributed by atoms with Crippen molar-refractivity contribution in [2.45, 2.75) is 31.6 Å². The van der Waals surface area contributed by atoms with Gasteiger partial charge in [0.05, 0.1) is 7.11 Å². The first-order valence-corrected chi connectivity index (χ1v) is 6.05. The van der Waals surface area contributed by atoms with Gasteiger partial charge >= 0.3 is 0 Å². The topological polar surface area (TPSA) is 35.2 Å². The van der Waals surface area contributed by atoms with Crippen LogP contribution in [0.25, 0.3) is 0 Å². The second kappa shape index (κ2) is 4.27. The van der Waals surface area contributed by atoms with Crippen molar-refractivity contribution in [2.24, 2.45) is 5.73 Å². The smallest absolute Gasteiger partial charge is 0.123 e. The Bertz CT molecular complexity index is 394. The number of ether oxygens (including phenoxy) is 1. The predicted molar refractivity (Wildman–Crippen MR) is 67.3 cm³/mol. The first kappa shape index (κ1) is 11.7. The molecule has 0 aliphatic heterocycles. The Kier molecular flexibility index (Phi) is 3.13. The van der Waals surface area contributed by atoms with E-state index in [1.54, 1.807) is 7.11 Å². The Labute approximate surface area is 102 Å². The minimum absolute atomic E-state index is 0.141. The summed E-state index contributed by atoms with van der Waals surface area (Å²) in [6.45, 7) is 2.78. The van der Waals surface area contributed by atoms with Gasteiger partial charge in [0.2, 0.25) is 0 Å². The highest BCUT2D eigenvalue weighted by Gasteiger charge is 2.39. The van der Waals surface area contributed by atoms with Crippen LogP contribution in [0.1, 0.15) is 30.4 Å². The minimum Gasteiger partial charge on any atom is -0.496 e. The van der Waals surface area contributed by atoms with Gasteiger partial charge in [-0.3, -0.25) is 0 Å². The SMILES string of the molecule is COc1cc(Cl)cc(C2(CN)CCC2)c1C. The summed E-state index contributed by atoms with van der Waals surface area (Å²) >= 11 is 6.12. The first-order chi connectivity index (χ1) is 7.63. The van der Waals surface area contributed by atoms with Crippen LogP contribution >= 0.6 is 11.6 Å². The van der Waals surface area contributed by atoms with Crippen LogP contribution in [0.5, 0.6) is 5.75 Å². The molecule has 1 saturated carbocycles. The molecule has 88 valence electrons. The molecule has 2 rings (SSSR count). The maximum absolute atomic E-state index is 6.12. The van der Waals surface area contributed by atoms with Gasteiger partial charge in [0.1, 0.15) is 5.75 Å². The molecule has 1 aromatic carbocycles. The van der Waals surface area contributed by atoms with Crippen molar-refractivity contribution >= 4 is 11.6 Å². The summed E-state index contributed by atoms with van der Waals surface area (Å²) in [4.78, 5) is 0. The molecule has 0 spiro atoms. The predicted octanol–water partition coefficient (Wildman–Crippen LogP) is 3.04. The van der Waals surface area contributed by atoms with E-state index in [0.717, 1.165) is 23.6 Å². The van der Waals surface area contributed by atoms with E-state index in [4.69, 9.17) is 22.1 Å². The van der Waals surface area contributed by atoms with E-state index in [-0.39, 0.29) is 5.41 Å². The van der Waals surface area contributed by atoms with Crippen LogP contribution in [-0.4, -0.2) is 13.7 Å². The average Bonchev–Trinajstić information content (AvgIpc) is 2.21. The summed E-state index contributed by atoms with van der Waals surface area (Å²) in [5.41, 5.74) is 8.52. The quantitative estimate of drug-likeness (QED) is 0.880. The van der Waals surface area contributed by atoms with Gasteiger partial charge in [0, 0.05) is 17.0 Å². The van der Waals surface area contributed by atoms with Crippen molar-refractivity contribution in [3.8, 4) is 5.75 Å². The summed E-state index contributed by atoms with van der Waals surface area (Å²) in [6.07, 6.45) is 3.58. The fourth-order valence-corrected chi connectivity index (χ4v) is 2.81. The summed E-state index contributed by atoms with van der Waals surface area (Å²) < 4.78 is 5.35. The fraction of sp³-hybridized carbons (Fsp3) is 0.538. The number of hydrogen-bond donors (Lipinski definition) is 1. The number of nitrogens with two attached hydrogens (primary N) is 1. The van der Waals surface area contributed by atoms with Crippen LogP contribution < -0.4 is 10.5 Å². The van der Waals surface area contributed by atoms with Gasteiger partial charge in [0.15, 0.2) is 0 Å². The maximum atomic E-state index is 6.12. The summed E-state index contributed by atoms with van der Waals surface area (Å²) in [5, 5.41) is 0.733. The second-order valence-electron chi connectivity index (χ2n) is 4.62. The van der Waals surface area contributed by atoms with Crippen LogP contribution in [-0.2, 0) is 5.41 Å². The molecule has 0 aromatic heterocycles. The van der Waals surface area contributed by atoms with Gasteiger partial charge in [-0.2, -0.15) is 0 Å². The van der Waals surface area contributed by atoms with Gasteiger partial charge in [-0.25, -0.2) is 0 Å². The lowest BCUT2D eigenvalue weighted by atomic mass is 9.63. The zero-order valence-electron chi connectivity index (χ0n) is 9.85. The Morgan fingerprint density at radius 2 is 2.12 bits per heavy atom. The molecule has 1 aromatic rings. The zero-order valence-corrected chi connectivity index (χ0v) is 10.6. The average molecular weight is 240 g/mol. The Morgan fingerprint density at radius 1 is 1.44 bits per heavy atom. The van der Waals surface area contributed by atoms with Crippen LogP contribution in [0.4, 0.5) is 0 Å². The highest BCUT2D eigenvalue weighted by atomic mass is 35.5. The van der Waals surface area contributed by atoms with E-state index in [9.17, 15) is 0 Å². The molecule has 1 aliphatic carbocycles. The van der Waals surface area contributed by atoms with Gasteiger partial charge < -0.3 is 10.5 Å². The zero-order chi connectivity index (χ0) is 11.8. The lowest BCUT2D eigenvalue weighted by Crippen LogP contribution is -2.42. The van der Waals surface area contributed by atoms with Crippen molar-refractivity contribution < 1.29 is 4.74 Å². The van der Waals surface area contributed by atoms with E-state index in [2.05, 4.69) is 6.92 Å². The van der Waals surface area contributed by atoms with E-state index in [1.165, 1.54) is 17.5 Å². The van der Waals surface area contributed by atoms with Crippen LogP contribution in [0.2, 0.25) is 5.02 Å². The maximum Gasteiger partial charge on any atom is 0.123 e. The lowest BCUT2D eigenvalue weighted by Gasteiger charge is -2.42. The molecular formula is C13H18ClNO. The Balaban J connectivity index is 2.51. The van der Waals surface area contributed by atoms with Crippen molar-refractivity contribution in [3.05, 3.63) is 28.3 Å². The fourth-order valence-electron chi connectivity index (χ4n) is 2.60. The second-order valence-corrected chi connectivity index (χ2v) is 5.06. The molecule has 3 heteroatoms. The molecular weight excluding hydrogens is 222 g/mol. The molecule has 0 amide bonds. The molecule has 16 heavy (non-hydrogen) atoms. The lowest BCUT2D eigenvalue weighted by molar-refractivity contribution is 0.250. The van der Waals surface area contributed by atoms with Crippen LogP contribution in [0.15, 0.2) is 12.1 Å². The molecule has 0 atom stereocenters. The first-order valence-electron chi connectivity index (χ1n) is 5.67. The van der Waals surface area contributed by atoms with Gasteiger partial charge in [-0.05, 0) is 43.0 Å². The standard InChI is InChI=1S/C13H18ClNO/c1-9-11(13(8-15)4-3-5-13)6-10(14)7-12(9)16-2/h6-7H,3-5,8,15H2,1-2H3. The number of methoxy groups -OCH3 is 1. The summed E-state index contributed by atoms with van der Waals surface area (Å²) in [6, 6.07) is 3.91. The third kappa shape index (κ3) is 1.70. The molecule has 0 unspecified atom stereocenters. The summed E-state index contributed by atoms with van der Waals surface area (Å²) in [7, 11) is 1.68. The molecule has 0 saturated heterocycles. The van der Waals surface area contributed by atoms with Gasteiger partial charge in [-0.1, -0.05) is 18.0 Å². The van der Waals surface area contributed by atoms with Crippen molar-refractivity contribution in [2.75, 3.05) is 13.7 Å². The monoisotopic (exact) mass is 239 g/mol. The Morgan fingerprint density at radius 3 is 2.56 bits per heavy atom. The van der Waals surface area contributed by atoms with E-state index < -0.39 is 0 Å². The molecule has 1 aliphatic rings. The van der Waals surface area contributed by atoms with Gasteiger partial charge in [-0.15, -0.1) is 0 Å². The van der Waals surface area contributed by atoms with Crippen LogP contribution in [0.3, 0.4) is 0 Å². The van der Waals surface area contributed by atoms with E-state index in [1.807, 2.05) is 12.1 Å². The third-order valence-electron chi connectivity index (χ3n) is 3.82. The van der Waals surface area contributed by atoms with Gasteiger partial charge in [0.25, 0.3) is 0 Å². The molecule has 2 nitrogen and oxygen atoms in total. The Hall–Kier alpha value is -0.730. The molecule has 1 fully saturated rings. The van der Waals surface area contributed by atoms with E-state index in [0.29, 0.717) is 6.54 Å². The molecule has 0 heterocycles. The molecule has 2 N–H and O–H groups in total.